The Kier molecular flexibility index (Phi) is 7.83. The van der Waals surface area contributed by atoms with Crippen molar-refractivity contribution in [2.75, 3.05) is 13.6 Å². The number of aliphatic imine (C=N–C) groups is 1. The van der Waals surface area contributed by atoms with E-state index in [4.69, 9.17) is 9.52 Å². The summed E-state index contributed by atoms with van der Waals surface area (Å²) in [6, 6.07) is 1.71. The van der Waals surface area contributed by atoms with Gasteiger partial charge in [-0.2, -0.15) is 13.2 Å². The number of aliphatic hydroxyl groups excluding tert-OH is 1. The van der Waals surface area contributed by atoms with Crippen molar-refractivity contribution in [2.24, 2.45) is 4.99 Å². The van der Waals surface area contributed by atoms with Gasteiger partial charge >= 0.3 is 6.18 Å². The molecule has 0 aliphatic carbocycles. The van der Waals surface area contributed by atoms with Crippen LogP contribution in [0.15, 0.2) is 28.0 Å². The van der Waals surface area contributed by atoms with E-state index in [1.807, 2.05) is 0 Å². The lowest BCUT2D eigenvalue weighted by Gasteiger charge is -2.17. The maximum Gasteiger partial charge on any atom is 0.416 e. The number of hydrogen-bond donors (Lipinski definition) is 3. The lowest BCUT2D eigenvalue weighted by atomic mass is 10.3. The zero-order chi connectivity index (χ0) is 13.6. The monoisotopic (exact) mass is 393 g/mol. The van der Waals surface area contributed by atoms with Gasteiger partial charge < -0.3 is 20.2 Å². The molecule has 0 amide bonds. The summed E-state index contributed by atoms with van der Waals surface area (Å²) in [4.78, 5) is 3.73. The number of halogens is 4. The van der Waals surface area contributed by atoms with Gasteiger partial charge in [-0.3, -0.25) is 4.99 Å². The van der Waals surface area contributed by atoms with Gasteiger partial charge in [0.05, 0.1) is 19.1 Å². The van der Waals surface area contributed by atoms with Crippen LogP contribution in [0.25, 0.3) is 0 Å². The number of alkyl halides is 3. The Labute approximate surface area is 125 Å². The standard InChI is InChI=1S/C10H14F3N3O2.HI/c1-14-9(15-4-7-2-3-18-6-7)16-5-8(17)10(11,12)13;/h2-3,6,8,17H,4-5H2,1H3,(H2,14,15,16);1H. The van der Waals surface area contributed by atoms with Gasteiger partial charge in [-0.25, -0.2) is 0 Å². The van der Waals surface area contributed by atoms with Gasteiger partial charge in [0.1, 0.15) is 0 Å². The Bertz CT molecular complexity index is 382. The molecule has 0 aliphatic heterocycles. The van der Waals surface area contributed by atoms with Crippen LogP contribution in [0.1, 0.15) is 5.56 Å². The molecule has 1 heterocycles. The Morgan fingerprint density at radius 2 is 2.16 bits per heavy atom. The van der Waals surface area contributed by atoms with Crippen molar-refractivity contribution in [2.45, 2.75) is 18.8 Å². The summed E-state index contributed by atoms with van der Waals surface area (Å²) in [5, 5.41) is 14.0. The number of nitrogens with zero attached hydrogens (tertiary/aromatic N) is 1. The first-order chi connectivity index (χ1) is 8.43. The third-order valence-electron chi connectivity index (χ3n) is 2.10. The molecule has 0 bridgehead atoms. The normalized spacial score (nSPS) is 13.6. The molecule has 0 saturated carbocycles. The zero-order valence-electron chi connectivity index (χ0n) is 10.1. The molecule has 5 nitrogen and oxygen atoms in total. The van der Waals surface area contributed by atoms with Crippen molar-refractivity contribution in [3.63, 3.8) is 0 Å². The van der Waals surface area contributed by atoms with Gasteiger partial charge in [0.15, 0.2) is 12.1 Å². The largest absolute Gasteiger partial charge is 0.472 e. The molecule has 0 fully saturated rings. The number of hydrogen-bond acceptors (Lipinski definition) is 3. The van der Waals surface area contributed by atoms with Crippen molar-refractivity contribution in [1.82, 2.24) is 10.6 Å². The molecule has 0 aliphatic rings. The highest BCUT2D eigenvalue weighted by Crippen LogP contribution is 2.19. The molecule has 0 saturated heterocycles. The second-order valence-corrected chi connectivity index (χ2v) is 3.50. The number of guanidine groups is 1. The molecule has 1 aromatic rings. The Hall–Kier alpha value is -0.970. The number of rotatable bonds is 4. The summed E-state index contributed by atoms with van der Waals surface area (Å²) >= 11 is 0. The summed E-state index contributed by atoms with van der Waals surface area (Å²) in [6.45, 7) is -0.299. The quantitative estimate of drug-likeness (QED) is 0.412. The Morgan fingerprint density at radius 3 is 2.63 bits per heavy atom. The maximum absolute atomic E-state index is 12.0. The highest BCUT2D eigenvalue weighted by molar-refractivity contribution is 14.0. The van der Waals surface area contributed by atoms with Crippen molar-refractivity contribution < 1.29 is 22.7 Å². The fourth-order valence-electron chi connectivity index (χ4n) is 1.11. The molecule has 110 valence electrons. The van der Waals surface area contributed by atoms with E-state index in [2.05, 4.69) is 15.6 Å². The van der Waals surface area contributed by atoms with Crippen LogP contribution in [-0.2, 0) is 6.54 Å². The van der Waals surface area contributed by atoms with Crippen LogP contribution in [0, 0.1) is 0 Å². The molecule has 0 aromatic carbocycles. The average Bonchev–Trinajstić information content (AvgIpc) is 2.80. The smallest absolute Gasteiger partial charge is 0.416 e. The molecule has 1 aromatic heterocycles. The number of furan rings is 1. The van der Waals surface area contributed by atoms with E-state index < -0.39 is 18.8 Å². The lowest BCUT2D eigenvalue weighted by Crippen LogP contribution is -2.45. The van der Waals surface area contributed by atoms with E-state index in [0.717, 1.165) is 5.56 Å². The molecule has 1 atom stereocenters. The third kappa shape index (κ3) is 6.66. The molecule has 0 spiro atoms. The Balaban J connectivity index is 0.00000324. The molecule has 1 rings (SSSR count). The van der Waals surface area contributed by atoms with E-state index in [0.29, 0.717) is 6.54 Å². The van der Waals surface area contributed by atoms with Crippen molar-refractivity contribution >= 4 is 29.9 Å². The molecule has 0 radical (unpaired) electrons. The number of aliphatic hydroxyl groups is 1. The summed E-state index contributed by atoms with van der Waals surface area (Å²) < 4.78 is 41.0. The topological polar surface area (TPSA) is 69.8 Å². The van der Waals surface area contributed by atoms with Gasteiger partial charge in [-0.15, -0.1) is 24.0 Å². The van der Waals surface area contributed by atoms with Crippen LogP contribution in [0.3, 0.4) is 0 Å². The van der Waals surface area contributed by atoms with Gasteiger partial charge in [0, 0.05) is 19.2 Å². The first-order valence-corrected chi connectivity index (χ1v) is 5.14. The molecular weight excluding hydrogens is 378 g/mol. The minimum atomic E-state index is -4.64. The highest BCUT2D eigenvalue weighted by Gasteiger charge is 2.37. The predicted octanol–water partition coefficient (Wildman–Crippen LogP) is 1.49. The fraction of sp³-hybridized carbons (Fsp3) is 0.500. The summed E-state index contributed by atoms with van der Waals surface area (Å²) in [6.07, 6.45) is -4.08. The van der Waals surface area contributed by atoms with E-state index in [1.54, 1.807) is 6.07 Å². The van der Waals surface area contributed by atoms with Crippen LogP contribution >= 0.6 is 24.0 Å². The summed E-state index contributed by atoms with van der Waals surface area (Å²) in [5.74, 6) is 0.166. The number of nitrogens with one attached hydrogen (secondary N) is 2. The molecule has 1 unspecified atom stereocenters. The summed E-state index contributed by atoms with van der Waals surface area (Å²) in [7, 11) is 1.42. The van der Waals surface area contributed by atoms with Gasteiger partial charge in [0.2, 0.25) is 0 Å². The average molecular weight is 393 g/mol. The molecule has 19 heavy (non-hydrogen) atoms. The van der Waals surface area contributed by atoms with E-state index in [1.165, 1.54) is 19.6 Å². The van der Waals surface area contributed by atoms with Gasteiger partial charge in [0.25, 0.3) is 0 Å². The summed E-state index contributed by atoms with van der Waals surface area (Å²) in [5.41, 5.74) is 0.828. The van der Waals surface area contributed by atoms with Crippen molar-refractivity contribution in [1.29, 1.82) is 0 Å². The zero-order valence-corrected chi connectivity index (χ0v) is 12.4. The molecule has 9 heteroatoms. The van der Waals surface area contributed by atoms with Gasteiger partial charge in [-0.05, 0) is 6.07 Å². The van der Waals surface area contributed by atoms with Crippen LogP contribution in [0.2, 0.25) is 0 Å². The first kappa shape index (κ1) is 18.0. The minimum absolute atomic E-state index is 0. The second-order valence-electron chi connectivity index (χ2n) is 3.50. The fourth-order valence-corrected chi connectivity index (χ4v) is 1.11. The van der Waals surface area contributed by atoms with Crippen LogP contribution in [0.5, 0.6) is 0 Å². The van der Waals surface area contributed by atoms with Gasteiger partial charge in [-0.1, -0.05) is 0 Å². The molecule has 3 N–H and O–H groups in total. The van der Waals surface area contributed by atoms with E-state index in [-0.39, 0.29) is 29.9 Å². The second kappa shape index (κ2) is 8.25. The Morgan fingerprint density at radius 1 is 1.47 bits per heavy atom. The van der Waals surface area contributed by atoms with Crippen molar-refractivity contribution in [3.8, 4) is 0 Å². The van der Waals surface area contributed by atoms with E-state index in [9.17, 15) is 13.2 Å². The predicted molar refractivity (Wildman–Crippen MR) is 74.4 cm³/mol. The first-order valence-electron chi connectivity index (χ1n) is 5.14. The molecular formula is C10H15F3IN3O2. The van der Waals surface area contributed by atoms with Crippen LogP contribution in [-0.4, -0.2) is 36.9 Å². The SMILES string of the molecule is CN=C(NCc1ccoc1)NCC(O)C(F)(F)F.I. The lowest BCUT2D eigenvalue weighted by molar-refractivity contribution is -0.201. The third-order valence-corrected chi connectivity index (χ3v) is 2.10. The van der Waals surface area contributed by atoms with Crippen LogP contribution < -0.4 is 10.6 Å². The highest BCUT2D eigenvalue weighted by atomic mass is 127. The van der Waals surface area contributed by atoms with E-state index >= 15 is 0 Å². The minimum Gasteiger partial charge on any atom is -0.472 e. The maximum atomic E-state index is 12.0. The van der Waals surface area contributed by atoms with Crippen LogP contribution in [0.4, 0.5) is 13.2 Å². The van der Waals surface area contributed by atoms with Crippen molar-refractivity contribution in [3.05, 3.63) is 24.2 Å².